The first-order chi connectivity index (χ1) is 9.40. The molecule has 0 aromatic carbocycles. The summed E-state index contributed by atoms with van der Waals surface area (Å²) in [4.78, 5) is 4.43. The lowest BCUT2D eigenvalue weighted by Gasteiger charge is -2.24. The summed E-state index contributed by atoms with van der Waals surface area (Å²) in [6, 6.07) is 6.75. The SMILES string of the molecule is CCCNC(CCc1ccccn1)C1=CCCCC1. The minimum Gasteiger partial charge on any atom is -0.310 e. The molecule has 1 aromatic heterocycles. The standard InChI is InChI=1S/C17H26N2/c1-2-13-19-17(15-8-4-3-5-9-15)12-11-16-10-6-7-14-18-16/h6-8,10,14,17,19H,2-5,9,11-13H2,1H3. The van der Waals surface area contributed by atoms with Crippen molar-refractivity contribution in [2.75, 3.05) is 6.54 Å². The highest BCUT2D eigenvalue weighted by atomic mass is 14.9. The molecular weight excluding hydrogens is 232 g/mol. The van der Waals surface area contributed by atoms with Crippen LogP contribution in [0.2, 0.25) is 0 Å². The fourth-order valence-electron chi connectivity index (χ4n) is 2.75. The van der Waals surface area contributed by atoms with E-state index in [1.807, 2.05) is 12.3 Å². The molecule has 0 amide bonds. The van der Waals surface area contributed by atoms with E-state index in [4.69, 9.17) is 0 Å². The second kappa shape index (κ2) is 8.11. The normalized spacial score (nSPS) is 17.0. The van der Waals surface area contributed by atoms with E-state index < -0.39 is 0 Å². The van der Waals surface area contributed by atoms with Crippen molar-refractivity contribution in [3.05, 3.63) is 41.7 Å². The van der Waals surface area contributed by atoms with Gasteiger partial charge in [0, 0.05) is 17.9 Å². The number of hydrogen-bond donors (Lipinski definition) is 1. The van der Waals surface area contributed by atoms with Crippen LogP contribution >= 0.6 is 0 Å². The van der Waals surface area contributed by atoms with E-state index >= 15 is 0 Å². The minimum atomic E-state index is 0.558. The molecule has 0 saturated heterocycles. The van der Waals surface area contributed by atoms with Crippen LogP contribution in [-0.2, 0) is 6.42 Å². The molecule has 0 saturated carbocycles. The van der Waals surface area contributed by atoms with E-state index in [1.165, 1.54) is 44.2 Å². The summed E-state index contributed by atoms with van der Waals surface area (Å²) in [5.41, 5.74) is 2.85. The Bertz CT molecular complexity index is 384. The Morgan fingerprint density at radius 3 is 2.95 bits per heavy atom. The van der Waals surface area contributed by atoms with Gasteiger partial charge < -0.3 is 5.32 Å². The lowest BCUT2D eigenvalue weighted by atomic mass is 9.91. The molecule has 0 spiro atoms. The van der Waals surface area contributed by atoms with Crippen LogP contribution in [0.3, 0.4) is 0 Å². The first kappa shape index (κ1) is 14.3. The fraction of sp³-hybridized carbons (Fsp3) is 0.588. The van der Waals surface area contributed by atoms with Gasteiger partial charge in [-0.2, -0.15) is 0 Å². The molecule has 0 bridgehead atoms. The summed E-state index contributed by atoms with van der Waals surface area (Å²) in [7, 11) is 0. The van der Waals surface area contributed by atoms with Crippen LogP contribution < -0.4 is 5.32 Å². The molecule has 1 unspecified atom stereocenters. The summed E-state index contributed by atoms with van der Waals surface area (Å²) in [5, 5.41) is 3.71. The Balaban J connectivity index is 1.91. The molecule has 0 radical (unpaired) electrons. The van der Waals surface area contributed by atoms with E-state index in [2.05, 4.69) is 35.4 Å². The van der Waals surface area contributed by atoms with Gasteiger partial charge in [-0.1, -0.05) is 24.6 Å². The Labute approximate surface area is 117 Å². The molecule has 1 heterocycles. The zero-order valence-corrected chi connectivity index (χ0v) is 12.1. The molecule has 0 aliphatic heterocycles. The lowest BCUT2D eigenvalue weighted by molar-refractivity contribution is 0.500. The molecule has 2 rings (SSSR count). The van der Waals surface area contributed by atoms with Crippen LogP contribution in [-0.4, -0.2) is 17.6 Å². The van der Waals surface area contributed by atoms with Crippen molar-refractivity contribution in [2.45, 2.75) is 57.9 Å². The average molecular weight is 258 g/mol. The van der Waals surface area contributed by atoms with Gasteiger partial charge in [-0.25, -0.2) is 0 Å². The highest BCUT2D eigenvalue weighted by Gasteiger charge is 2.15. The quantitative estimate of drug-likeness (QED) is 0.751. The molecule has 0 fully saturated rings. The molecule has 1 atom stereocenters. The van der Waals surface area contributed by atoms with E-state index in [0.29, 0.717) is 6.04 Å². The van der Waals surface area contributed by atoms with Gasteiger partial charge in [-0.05, 0) is 63.6 Å². The van der Waals surface area contributed by atoms with Crippen molar-refractivity contribution in [1.29, 1.82) is 0 Å². The molecule has 1 aliphatic carbocycles. The van der Waals surface area contributed by atoms with E-state index in [0.717, 1.165) is 13.0 Å². The van der Waals surface area contributed by atoms with Gasteiger partial charge in [-0.15, -0.1) is 0 Å². The van der Waals surface area contributed by atoms with Gasteiger partial charge in [0.2, 0.25) is 0 Å². The number of allylic oxidation sites excluding steroid dienone is 1. The van der Waals surface area contributed by atoms with E-state index in [-0.39, 0.29) is 0 Å². The average Bonchev–Trinajstić information content (AvgIpc) is 2.49. The van der Waals surface area contributed by atoms with Crippen molar-refractivity contribution in [2.24, 2.45) is 0 Å². The van der Waals surface area contributed by atoms with Gasteiger partial charge in [0.25, 0.3) is 0 Å². The lowest BCUT2D eigenvalue weighted by Crippen LogP contribution is -2.32. The van der Waals surface area contributed by atoms with Gasteiger partial charge in [0.05, 0.1) is 0 Å². The van der Waals surface area contributed by atoms with E-state index in [1.54, 1.807) is 5.57 Å². The molecular formula is C17H26N2. The molecule has 2 nitrogen and oxygen atoms in total. The Morgan fingerprint density at radius 2 is 2.26 bits per heavy atom. The summed E-state index contributed by atoms with van der Waals surface area (Å²) >= 11 is 0. The van der Waals surface area contributed by atoms with Crippen molar-refractivity contribution < 1.29 is 0 Å². The molecule has 2 heteroatoms. The van der Waals surface area contributed by atoms with Gasteiger partial charge in [0.1, 0.15) is 0 Å². The summed E-state index contributed by atoms with van der Waals surface area (Å²) < 4.78 is 0. The topological polar surface area (TPSA) is 24.9 Å². The highest BCUT2D eigenvalue weighted by molar-refractivity contribution is 5.14. The van der Waals surface area contributed by atoms with Gasteiger partial charge >= 0.3 is 0 Å². The predicted molar refractivity (Wildman–Crippen MR) is 81.2 cm³/mol. The van der Waals surface area contributed by atoms with Crippen LogP contribution in [0.4, 0.5) is 0 Å². The Kier molecular flexibility index (Phi) is 6.09. The van der Waals surface area contributed by atoms with Crippen molar-refractivity contribution in [3.8, 4) is 0 Å². The predicted octanol–water partition coefficient (Wildman–Crippen LogP) is 3.88. The third kappa shape index (κ3) is 4.79. The molecule has 19 heavy (non-hydrogen) atoms. The van der Waals surface area contributed by atoms with Gasteiger partial charge in [-0.3, -0.25) is 4.98 Å². The first-order valence-corrected chi connectivity index (χ1v) is 7.72. The zero-order chi connectivity index (χ0) is 13.3. The van der Waals surface area contributed by atoms with Crippen LogP contribution in [0.15, 0.2) is 36.0 Å². The minimum absolute atomic E-state index is 0.558. The van der Waals surface area contributed by atoms with Crippen LogP contribution in [0.1, 0.15) is 51.1 Å². The molecule has 104 valence electrons. The molecule has 1 aliphatic rings. The number of hydrogen-bond acceptors (Lipinski definition) is 2. The maximum atomic E-state index is 4.43. The summed E-state index contributed by atoms with van der Waals surface area (Å²) in [5.74, 6) is 0. The highest BCUT2D eigenvalue weighted by Crippen LogP contribution is 2.22. The van der Waals surface area contributed by atoms with Crippen molar-refractivity contribution in [1.82, 2.24) is 10.3 Å². The zero-order valence-electron chi connectivity index (χ0n) is 12.1. The summed E-state index contributed by atoms with van der Waals surface area (Å²) in [6.07, 6.45) is 13.1. The largest absolute Gasteiger partial charge is 0.310 e. The number of aromatic nitrogens is 1. The van der Waals surface area contributed by atoms with Crippen molar-refractivity contribution >= 4 is 0 Å². The number of aryl methyl sites for hydroxylation is 1. The second-order valence-corrected chi connectivity index (χ2v) is 5.39. The number of pyridine rings is 1. The number of rotatable bonds is 7. The van der Waals surface area contributed by atoms with Crippen LogP contribution in [0, 0.1) is 0 Å². The maximum absolute atomic E-state index is 4.43. The van der Waals surface area contributed by atoms with E-state index in [9.17, 15) is 0 Å². The Hall–Kier alpha value is -1.15. The smallest absolute Gasteiger partial charge is 0.0404 e. The molecule has 1 N–H and O–H groups in total. The van der Waals surface area contributed by atoms with Crippen molar-refractivity contribution in [3.63, 3.8) is 0 Å². The Morgan fingerprint density at radius 1 is 1.32 bits per heavy atom. The number of nitrogens with one attached hydrogen (secondary N) is 1. The third-order valence-corrected chi connectivity index (χ3v) is 3.83. The maximum Gasteiger partial charge on any atom is 0.0404 e. The summed E-state index contributed by atoms with van der Waals surface area (Å²) in [6.45, 7) is 3.35. The van der Waals surface area contributed by atoms with Crippen LogP contribution in [0.25, 0.3) is 0 Å². The monoisotopic (exact) mass is 258 g/mol. The van der Waals surface area contributed by atoms with Gasteiger partial charge in [0.15, 0.2) is 0 Å². The second-order valence-electron chi connectivity index (χ2n) is 5.39. The molecule has 1 aromatic rings. The first-order valence-electron chi connectivity index (χ1n) is 7.72. The fourth-order valence-corrected chi connectivity index (χ4v) is 2.75. The third-order valence-electron chi connectivity index (χ3n) is 3.83. The van der Waals surface area contributed by atoms with Crippen LogP contribution in [0.5, 0.6) is 0 Å². The number of nitrogens with zero attached hydrogens (tertiary/aromatic N) is 1.